The highest BCUT2D eigenvalue weighted by Gasteiger charge is 2.33. The summed E-state index contributed by atoms with van der Waals surface area (Å²) in [4.78, 5) is 15.3. The van der Waals surface area contributed by atoms with Crippen LogP contribution in [0.2, 0.25) is 0 Å². The average molecular weight is 443 g/mol. The molecule has 1 atom stereocenters. The molecule has 2 aromatic rings. The van der Waals surface area contributed by atoms with Crippen LogP contribution < -0.4 is 4.72 Å². The molecular formula is C22H26N4O4S. The van der Waals surface area contributed by atoms with Gasteiger partial charge in [0.05, 0.1) is 37.8 Å². The van der Waals surface area contributed by atoms with Gasteiger partial charge >= 0.3 is 0 Å². The number of nitrogens with zero attached hydrogens (tertiary/aromatic N) is 3. The van der Waals surface area contributed by atoms with Crippen LogP contribution in [0.15, 0.2) is 59.7 Å². The minimum absolute atomic E-state index is 0.0591. The molecule has 9 heteroatoms. The predicted octanol–water partition coefficient (Wildman–Crippen LogP) is 2.07. The standard InChI is InChI=1S/C22H26N4O4S/c1-31(28,29)24-19-9-5-8-18(14-19)20-15-21(17-6-3-2-4-7-17)26(23-20)22(27)16-25-10-12-30-13-11-25/h2-9,14,21,24H,10-13,15-16H2,1H3/t21-/m1/s1. The molecule has 0 spiro atoms. The number of hydrogen-bond donors (Lipinski definition) is 1. The van der Waals surface area contributed by atoms with Crippen LogP contribution in [-0.2, 0) is 19.6 Å². The number of hydrazone groups is 1. The Bertz CT molecular complexity index is 1070. The lowest BCUT2D eigenvalue weighted by Gasteiger charge is -2.29. The van der Waals surface area contributed by atoms with Crippen molar-refractivity contribution in [1.29, 1.82) is 0 Å². The first-order valence-corrected chi connectivity index (χ1v) is 12.1. The maximum Gasteiger partial charge on any atom is 0.257 e. The van der Waals surface area contributed by atoms with E-state index in [1.165, 1.54) is 0 Å². The topological polar surface area (TPSA) is 91.3 Å². The number of anilines is 1. The molecule has 2 aliphatic heterocycles. The number of carbonyl (C=O) groups excluding carboxylic acids is 1. The van der Waals surface area contributed by atoms with Crippen molar-refractivity contribution in [3.8, 4) is 0 Å². The Morgan fingerprint density at radius 2 is 1.87 bits per heavy atom. The van der Waals surface area contributed by atoms with Crippen molar-refractivity contribution in [1.82, 2.24) is 9.91 Å². The van der Waals surface area contributed by atoms with Crippen molar-refractivity contribution in [3.63, 3.8) is 0 Å². The molecule has 1 saturated heterocycles. The van der Waals surface area contributed by atoms with Crippen LogP contribution in [0.25, 0.3) is 0 Å². The average Bonchev–Trinajstić information content (AvgIpc) is 3.20. The second kappa shape index (κ2) is 9.17. The highest BCUT2D eigenvalue weighted by Crippen LogP contribution is 2.33. The van der Waals surface area contributed by atoms with Crippen molar-refractivity contribution in [3.05, 3.63) is 65.7 Å². The Hall–Kier alpha value is -2.75. The normalized spacial score (nSPS) is 19.8. The minimum atomic E-state index is -3.38. The summed E-state index contributed by atoms with van der Waals surface area (Å²) < 4.78 is 31.1. The highest BCUT2D eigenvalue weighted by molar-refractivity contribution is 7.92. The van der Waals surface area contributed by atoms with Crippen molar-refractivity contribution in [2.45, 2.75) is 12.5 Å². The third kappa shape index (κ3) is 5.49. The number of carbonyl (C=O) groups is 1. The van der Waals surface area contributed by atoms with E-state index in [1.54, 1.807) is 23.2 Å². The van der Waals surface area contributed by atoms with Gasteiger partial charge in [-0.15, -0.1) is 0 Å². The van der Waals surface area contributed by atoms with E-state index in [0.29, 0.717) is 31.9 Å². The Labute approximate surface area is 182 Å². The summed E-state index contributed by atoms with van der Waals surface area (Å²) in [6, 6.07) is 16.7. The van der Waals surface area contributed by atoms with Gasteiger partial charge in [0.15, 0.2) is 0 Å². The molecule has 4 rings (SSSR count). The Morgan fingerprint density at radius 1 is 1.13 bits per heavy atom. The van der Waals surface area contributed by atoms with Gasteiger partial charge in [0.25, 0.3) is 5.91 Å². The fourth-order valence-corrected chi connectivity index (χ4v) is 4.40. The number of ether oxygens (including phenoxy) is 1. The molecule has 164 valence electrons. The third-order valence-corrected chi connectivity index (χ3v) is 5.92. The molecule has 2 aromatic carbocycles. The van der Waals surface area contributed by atoms with E-state index in [1.807, 2.05) is 36.4 Å². The Kier molecular flexibility index (Phi) is 6.35. The molecule has 0 aromatic heterocycles. The fraction of sp³-hybridized carbons (Fsp3) is 0.364. The van der Waals surface area contributed by atoms with E-state index in [9.17, 15) is 13.2 Å². The predicted molar refractivity (Wildman–Crippen MR) is 119 cm³/mol. The summed E-state index contributed by atoms with van der Waals surface area (Å²) in [7, 11) is -3.38. The fourth-order valence-electron chi connectivity index (χ4n) is 3.85. The van der Waals surface area contributed by atoms with Crippen LogP contribution in [0.4, 0.5) is 5.69 Å². The maximum atomic E-state index is 13.2. The van der Waals surface area contributed by atoms with Crippen LogP contribution >= 0.6 is 0 Å². The number of rotatable bonds is 6. The number of morpholine rings is 1. The van der Waals surface area contributed by atoms with Gasteiger partial charge in [0, 0.05) is 25.2 Å². The lowest BCUT2D eigenvalue weighted by Crippen LogP contribution is -2.43. The largest absolute Gasteiger partial charge is 0.379 e. The van der Waals surface area contributed by atoms with E-state index >= 15 is 0 Å². The van der Waals surface area contributed by atoms with E-state index in [4.69, 9.17) is 4.74 Å². The summed E-state index contributed by atoms with van der Waals surface area (Å²) in [5.74, 6) is -0.0591. The Balaban J connectivity index is 1.60. The van der Waals surface area contributed by atoms with E-state index in [-0.39, 0.29) is 11.9 Å². The first-order chi connectivity index (χ1) is 14.9. The van der Waals surface area contributed by atoms with Gasteiger partial charge in [-0.25, -0.2) is 13.4 Å². The summed E-state index contributed by atoms with van der Waals surface area (Å²) in [6.45, 7) is 3.00. The molecule has 0 radical (unpaired) electrons. The number of sulfonamides is 1. The molecule has 0 unspecified atom stereocenters. The van der Waals surface area contributed by atoms with Gasteiger partial charge in [0.2, 0.25) is 10.0 Å². The lowest BCUT2D eigenvalue weighted by molar-refractivity contribution is -0.135. The zero-order chi connectivity index (χ0) is 21.8. The molecule has 1 amide bonds. The molecule has 0 bridgehead atoms. The maximum absolute atomic E-state index is 13.2. The second-order valence-corrected chi connectivity index (χ2v) is 9.51. The van der Waals surface area contributed by atoms with Gasteiger partial charge in [0.1, 0.15) is 0 Å². The van der Waals surface area contributed by atoms with Gasteiger partial charge in [-0.3, -0.25) is 14.4 Å². The van der Waals surface area contributed by atoms with E-state index in [0.717, 1.165) is 36.2 Å². The van der Waals surface area contributed by atoms with Crippen LogP contribution in [0.1, 0.15) is 23.6 Å². The van der Waals surface area contributed by atoms with Crippen molar-refractivity contribution in [2.75, 3.05) is 43.8 Å². The number of benzene rings is 2. The van der Waals surface area contributed by atoms with Crippen molar-refractivity contribution in [2.24, 2.45) is 5.10 Å². The van der Waals surface area contributed by atoms with Gasteiger partial charge < -0.3 is 4.74 Å². The van der Waals surface area contributed by atoms with E-state index in [2.05, 4.69) is 14.7 Å². The highest BCUT2D eigenvalue weighted by atomic mass is 32.2. The van der Waals surface area contributed by atoms with Crippen molar-refractivity contribution < 1.29 is 17.9 Å². The molecule has 2 heterocycles. The molecule has 0 aliphatic carbocycles. The summed E-state index contributed by atoms with van der Waals surface area (Å²) in [5.41, 5.74) is 3.02. The molecule has 2 aliphatic rings. The van der Waals surface area contributed by atoms with Crippen LogP contribution in [0, 0.1) is 0 Å². The Morgan fingerprint density at radius 3 is 2.58 bits per heavy atom. The molecule has 31 heavy (non-hydrogen) atoms. The zero-order valence-electron chi connectivity index (χ0n) is 17.4. The molecule has 1 N–H and O–H groups in total. The summed E-state index contributed by atoms with van der Waals surface area (Å²) >= 11 is 0. The smallest absolute Gasteiger partial charge is 0.257 e. The van der Waals surface area contributed by atoms with E-state index < -0.39 is 10.0 Å². The zero-order valence-corrected chi connectivity index (χ0v) is 18.2. The van der Waals surface area contributed by atoms with Gasteiger partial charge in [-0.1, -0.05) is 42.5 Å². The number of amides is 1. The van der Waals surface area contributed by atoms with Crippen molar-refractivity contribution >= 4 is 27.3 Å². The van der Waals surface area contributed by atoms with Crippen LogP contribution in [0.5, 0.6) is 0 Å². The molecule has 0 saturated carbocycles. The van der Waals surface area contributed by atoms with Gasteiger partial charge in [-0.2, -0.15) is 5.10 Å². The summed E-state index contributed by atoms with van der Waals surface area (Å²) in [6.07, 6.45) is 1.67. The molecule has 8 nitrogen and oxygen atoms in total. The first kappa shape index (κ1) is 21.5. The van der Waals surface area contributed by atoms with Crippen LogP contribution in [0.3, 0.4) is 0 Å². The summed E-state index contributed by atoms with van der Waals surface area (Å²) in [5, 5.41) is 6.26. The molecular weight excluding hydrogens is 416 g/mol. The minimum Gasteiger partial charge on any atom is -0.379 e. The second-order valence-electron chi connectivity index (χ2n) is 7.76. The first-order valence-electron chi connectivity index (χ1n) is 10.2. The number of hydrogen-bond acceptors (Lipinski definition) is 6. The van der Waals surface area contributed by atoms with Gasteiger partial charge in [-0.05, 0) is 23.3 Å². The van der Waals surface area contributed by atoms with Crippen LogP contribution in [-0.4, -0.2) is 69.0 Å². The molecule has 1 fully saturated rings. The quantitative estimate of drug-likeness (QED) is 0.740. The third-order valence-electron chi connectivity index (χ3n) is 5.31. The lowest BCUT2D eigenvalue weighted by atomic mass is 9.98. The monoisotopic (exact) mass is 442 g/mol. The number of nitrogens with one attached hydrogen (secondary N) is 1. The SMILES string of the molecule is CS(=O)(=O)Nc1cccc(C2=NN(C(=O)CN3CCOCC3)[C@@H](c3ccccc3)C2)c1.